The molecule has 1 saturated heterocycles. The predicted octanol–water partition coefficient (Wildman–Crippen LogP) is 0.671. The van der Waals surface area contributed by atoms with Gasteiger partial charge in [-0.05, 0) is 24.0 Å². The molecular weight excluding hydrogens is 365 g/mol. The van der Waals surface area contributed by atoms with E-state index in [0.29, 0.717) is 13.1 Å². The molecule has 2 fully saturated rings. The van der Waals surface area contributed by atoms with Crippen LogP contribution < -0.4 is 9.39 Å². The van der Waals surface area contributed by atoms with Gasteiger partial charge in [0.05, 0.1) is 25.8 Å². The van der Waals surface area contributed by atoms with Gasteiger partial charge >= 0.3 is 13.1 Å². The van der Waals surface area contributed by atoms with Crippen LogP contribution in [0.5, 0.6) is 11.5 Å². The molecule has 1 saturated carbocycles. The van der Waals surface area contributed by atoms with Crippen LogP contribution in [0.15, 0.2) is 24.7 Å². The molecule has 1 aliphatic carbocycles. The third kappa shape index (κ3) is 2.80. The van der Waals surface area contributed by atoms with Gasteiger partial charge in [0.1, 0.15) is 23.2 Å². The first-order valence-corrected chi connectivity index (χ1v) is 9.18. The van der Waals surface area contributed by atoms with E-state index < -0.39 is 13.1 Å². The Morgan fingerprint density at radius 3 is 2.93 bits per heavy atom. The molecule has 5 rings (SSSR count). The number of aromatic carboxylic acids is 1. The van der Waals surface area contributed by atoms with Crippen LogP contribution in [0, 0.1) is 0 Å². The highest BCUT2D eigenvalue weighted by molar-refractivity contribution is 6.48. The van der Waals surface area contributed by atoms with E-state index in [2.05, 4.69) is 9.97 Å². The fourth-order valence-corrected chi connectivity index (χ4v) is 3.95. The molecule has 0 spiro atoms. The molecule has 1 aromatic carbocycles. The number of carbonyl (C=O) groups is 2. The number of imidazole rings is 1. The van der Waals surface area contributed by atoms with Gasteiger partial charge in [-0.3, -0.25) is 4.79 Å². The maximum Gasteiger partial charge on any atom is 0.526 e. The maximum atomic E-state index is 12.2. The molecule has 3 aliphatic rings. The second-order valence-corrected chi connectivity index (χ2v) is 7.47. The van der Waals surface area contributed by atoms with E-state index in [0.717, 1.165) is 17.7 Å². The van der Waals surface area contributed by atoms with Crippen molar-refractivity contribution in [3.05, 3.63) is 41.5 Å². The van der Waals surface area contributed by atoms with E-state index in [1.807, 2.05) is 6.07 Å². The van der Waals surface area contributed by atoms with Crippen LogP contribution in [0.3, 0.4) is 0 Å². The number of rotatable bonds is 5. The number of aromatic nitrogens is 2. The average molecular weight is 383 g/mol. The van der Waals surface area contributed by atoms with Gasteiger partial charge in [0, 0.05) is 17.7 Å². The number of amides is 1. The van der Waals surface area contributed by atoms with Crippen molar-refractivity contribution in [2.24, 2.45) is 0 Å². The number of benzene rings is 1. The van der Waals surface area contributed by atoms with Gasteiger partial charge in [-0.2, -0.15) is 0 Å². The zero-order valence-electron chi connectivity index (χ0n) is 14.9. The molecule has 0 unspecified atom stereocenters. The Morgan fingerprint density at radius 1 is 1.39 bits per heavy atom. The van der Waals surface area contributed by atoms with E-state index in [4.69, 9.17) is 9.39 Å². The maximum absolute atomic E-state index is 12.2. The smallest absolute Gasteiger partial charge is 0.526 e. The van der Waals surface area contributed by atoms with Crippen molar-refractivity contribution >= 4 is 19.0 Å². The Bertz CT molecular complexity index is 943. The molecule has 2 aromatic rings. The predicted molar refractivity (Wildman–Crippen MR) is 96.4 cm³/mol. The van der Waals surface area contributed by atoms with Crippen LogP contribution >= 0.6 is 0 Å². The van der Waals surface area contributed by atoms with Gasteiger partial charge in [0.25, 0.3) is 0 Å². The summed E-state index contributed by atoms with van der Waals surface area (Å²) in [6.45, 7) is 0.772. The monoisotopic (exact) mass is 383 g/mol. The molecule has 3 heterocycles. The lowest BCUT2D eigenvalue weighted by Crippen LogP contribution is -2.56. The number of aromatic amines is 1. The van der Waals surface area contributed by atoms with Crippen molar-refractivity contribution in [1.82, 2.24) is 14.9 Å². The lowest BCUT2D eigenvalue weighted by molar-refractivity contribution is -0.139. The summed E-state index contributed by atoms with van der Waals surface area (Å²) in [7, 11) is -0.981. The Hall–Kier alpha value is -3.01. The van der Waals surface area contributed by atoms with Crippen molar-refractivity contribution in [2.75, 3.05) is 13.1 Å². The summed E-state index contributed by atoms with van der Waals surface area (Å²) < 4.78 is 11.3. The molecule has 2 atom stereocenters. The van der Waals surface area contributed by atoms with E-state index in [1.54, 1.807) is 17.2 Å². The number of hydrogen-bond acceptors (Lipinski definition) is 6. The number of likely N-dealkylation sites (tertiary alicyclic amines) is 1. The van der Waals surface area contributed by atoms with Gasteiger partial charge in [-0.15, -0.1) is 0 Å². The molecule has 9 nitrogen and oxygen atoms in total. The van der Waals surface area contributed by atoms with Gasteiger partial charge in [0.2, 0.25) is 5.91 Å². The molecular formula is C18H18BN3O6. The SMILES string of the molecule is O=C(O)c1c(OC2CN(C(=O)Cc3cnc[nH]3)C2)ccc2c1OB(O)[C@H]1C[C@@H]21. The first-order chi connectivity index (χ1) is 13.5. The van der Waals surface area contributed by atoms with E-state index >= 15 is 0 Å². The second-order valence-electron chi connectivity index (χ2n) is 7.47. The van der Waals surface area contributed by atoms with Gasteiger partial charge < -0.3 is 29.4 Å². The van der Waals surface area contributed by atoms with Crippen molar-refractivity contribution in [3.63, 3.8) is 0 Å². The molecule has 144 valence electrons. The molecule has 3 N–H and O–H groups in total. The average Bonchev–Trinajstić information content (AvgIpc) is 3.27. The van der Waals surface area contributed by atoms with Crippen molar-refractivity contribution in [3.8, 4) is 11.5 Å². The number of carbonyl (C=O) groups excluding carboxylic acids is 1. The first-order valence-electron chi connectivity index (χ1n) is 9.18. The lowest BCUT2D eigenvalue weighted by Gasteiger charge is -2.39. The van der Waals surface area contributed by atoms with E-state index in [9.17, 15) is 19.7 Å². The highest BCUT2D eigenvalue weighted by Crippen LogP contribution is 2.60. The summed E-state index contributed by atoms with van der Waals surface area (Å²) >= 11 is 0. The Kier molecular flexibility index (Phi) is 3.83. The summed E-state index contributed by atoms with van der Waals surface area (Å²) in [4.78, 5) is 32.5. The third-order valence-electron chi connectivity index (χ3n) is 5.60. The van der Waals surface area contributed by atoms with Crippen LogP contribution in [-0.2, 0) is 11.2 Å². The van der Waals surface area contributed by atoms with Crippen molar-refractivity contribution in [1.29, 1.82) is 0 Å². The van der Waals surface area contributed by atoms with Crippen LogP contribution in [0.2, 0.25) is 5.82 Å². The molecule has 10 heteroatoms. The Labute approximate surface area is 160 Å². The van der Waals surface area contributed by atoms with Crippen molar-refractivity contribution in [2.45, 2.75) is 30.7 Å². The molecule has 0 bridgehead atoms. The zero-order valence-corrected chi connectivity index (χ0v) is 14.9. The van der Waals surface area contributed by atoms with E-state index in [-0.39, 0.29) is 47.2 Å². The molecule has 0 radical (unpaired) electrons. The van der Waals surface area contributed by atoms with Crippen molar-refractivity contribution < 1.29 is 29.1 Å². The number of carboxylic acids is 1. The summed E-state index contributed by atoms with van der Waals surface area (Å²) in [5.41, 5.74) is 1.49. The minimum Gasteiger partial charge on any atom is -0.535 e. The zero-order chi connectivity index (χ0) is 19.4. The fraction of sp³-hybridized carbons (Fsp3) is 0.389. The largest absolute Gasteiger partial charge is 0.535 e. The topological polar surface area (TPSA) is 125 Å². The number of hydrogen-bond donors (Lipinski definition) is 3. The van der Waals surface area contributed by atoms with Crippen LogP contribution in [0.1, 0.15) is 34.0 Å². The van der Waals surface area contributed by atoms with Crippen LogP contribution in [-0.4, -0.2) is 63.2 Å². The summed E-state index contributed by atoms with van der Waals surface area (Å²) in [6.07, 6.45) is 3.88. The van der Waals surface area contributed by atoms with Gasteiger partial charge in [-0.25, -0.2) is 9.78 Å². The summed E-state index contributed by atoms with van der Waals surface area (Å²) in [6, 6.07) is 3.46. The quantitative estimate of drug-likeness (QED) is 0.648. The minimum absolute atomic E-state index is 0.0424. The number of nitrogens with zero attached hydrogens (tertiary/aromatic N) is 2. The molecule has 1 amide bonds. The van der Waals surface area contributed by atoms with Crippen LogP contribution in [0.25, 0.3) is 0 Å². The second kappa shape index (κ2) is 6.27. The normalized spacial score (nSPS) is 22.6. The Morgan fingerprint density at radius 2 is 2.21 bits per heavy atom. The lowest BCUT2D eigenvalue weighted by atomic mass is 9.77. The number of H-pyrrole nitrogens is 1. The number of carboxylic acid groups (broad SMARTS) is 1. The minimum atomic E-state index is -1.16. The van der Waals surface area contributed by atoms with Gasteiger partial charge in [-0.1, -0.05) is 6.07 Å². The fourth-order valence-electron chi connectivity index (χ4n) is 3.95. The number of nitrogens with one attached hydrogen (secondary N) is 1. The standard InChI is InChI=1S/C18H18BN3O6/c23-15(3-9-5-20-8-21-9)22-6-10(7-22)27-14-2-1-11-12-4-13(12)19(26)28-17(11)16(14)18(24)25/h1-2,5,8,10,12-13,26H,3-4,6-7H2,(H,20,21)(H,24,25)/t12-,13-/m0/s1. The molecule has 1 aromatic heterocycles. The first kappa shape index (κ1) is 17.1. The third-order valence-corrected chi connectivity index (χ3v) is 5.60. The Balaban J connectivity index is 1.28. The number of fused-ring (bicyclic) bond motifs is 3. The highest BCUT2D eigenvalue weighted by Gasteiger charge is 2.54. The van der Waals surface area contributed by atoms with Crippen LogP contribution in [0.4, 0.5) is 0 Å². The number of ether oxygens (including phenoxy) is 1. The van der Waals surface area contributed by atoms with E-state index in [1.165, 1.54) is 6.33 Å². The highest BCUT2D eigenvalue weighted by atomic mass is 16.5. The molecule has 2 aliphatic heterocycles. The summed E-state index contributed by atoms with van der Waals surface area (Å²) in [5.74, 6) is -0.623. The van der Waals surface area contributed by atoms with Gasteiger partial charge in [0.15, 0.2) is 0 Å². The summed E-state index contributed by atoms with van der Waals surface area (Å²) in [5, 5.41) is 19.7. The molecule has 28 heavy (non-hydrogen) atoms.